The number of alkyl halides is 1. The molecule has 0 aromatic rings. The van der Waals surface area contributed by atoms with Crippen molar-refractivity contribution in [3.63, 3.8) is 0 Å². The highest BCUT2D eigenvalue weighted by Crippen LogP contribution is 2.24. The number of likely N-dealkylation sites (N-methyl/N-ethyl adjacent to an activating group) is 1. The van der Waals surface area contributed by atoms with E-state index in [1.807, 2.05) is 13.8 Å². The Morgan fingerprint density at radius 3 is 2.81 bits per heavy atom. The summed E-state index contributed by atoms with van der Waals surface area (Å²) in [5.41, 5.74) is -0.131. The van der Waals surface area contributed by atoms with Crippen molar-refractivity contribution in [2.75, 3.05) is 13.1 Å². The van der Waals surface area contributed by atoms with Crippen LogP contribution in [0.4, 0.5) is 8.78 Å². The molecule has 1 aliphatic carbocycles. The lowest BCUT2D eigenvalue weighted by molar-refractivity contribution is -0.126. The highest BCUT2D eigenvalue weighted by atomic mass is 19.2. The van der Waals surface area contributed by atoms with Gasteiger partial charge in [0.15, 0.2) is 6.17 Å². The number of carbonyl (C=O) groups is 1. The molecule has 0 unspecified atom stereocenters. The van der Waals surface area contributed by atoms with Gasteiger partial charge in [-0.1, -0.05) is 19.1 Å². The third kappa shape index (κ3) is 2.68. The molecule has 0 fully saturated rings. The van der Waals surface area contributed by atoms with E-state index < -0.39 is 17.9 Å². The summed E-state index contributed by atoms with van der Waals surface area (Å²) >= 11 is 0. The van der Waals surface area contributed by atoms with Gasteiger partial charge in [-0.25, -0.2) is 8.78 Å². The van der Waals surface area contributed by atoms with Crippen LogP contribution in [0.5, 0.6) is 0 Å². The maximum atomic E-state index is 13.4. The number of hydrogen-bond donors (Lipinski definition) is 0. The Morgan fingerprint density at radius 2 is 2.25 bits per heavy atom. The van der Waals surface area contributed by atoms with Gasteiger partial charge < -0.3 is 4.90 Å². The van der Waals surface area contributed by atoms with E-state index >= 15 is 0 Å². The van der Waals surface area contributed by atoms with Crippen molar-refractivity contribution < 1.29 is 13.6 Å². The van der Waals surface area contributed by atoms with Gasteiger partial charge in [-0.2, -0.15) is 0 Å². The summed E-state index contributed by atoms with van der Waals surface area (Å²) in [6, 6.07) is 0. The maximum absolute atomic E-state index is 13.4. The molecule has 0 saturated carbocycles. The molecule has 1 amide bonds. The van der Waals surface area contributed by atoms with Crippen LogP contribution in [-0.2, 0) is 4.79 Å². The lowest BCUT2D eigenvalue weighted by atomic mass is 10.0. The molecular weight excluding hydrogens is 212 g/mol. The summed E-state index contributed by atoms with van der Waals surface area (Å²) in [7, 11) is 0. The molecule has 0 bridgehead atoms. The Hall–Kier alpha value is -1.19. The number of halogens is 2. The van der Waals surface area contributed by atoms with E-state index in [0.717, 1.165) is 6.42 Å². The average Bonchev–Trinajstić information content (AvgIpc) is 2.29. The van der Waals surface area contributed by atoms with Crippen molar-refractivity contribution in [2.24, 2.45) is 0 Å². The molecule has 0 saturated heterocycles. The molecule has 90 valence electrons. The first-order valence-corrected chi connectivity index (χ1v) is 5.61. The Bertz CT molecular complexity index is 323. The van der Waals surface area contributed by atoms with Crippen molar-refractivity contribution in [1.82, 2.24) is 4.90 Å². The number of amides is 1. The first kappa shape index (κ1) is 12.9. The molecular formula is C12H17F2NO. The van der Waals surface area contributed by atoms with Crippen LogP contribution in [0.25, 0.3) is 0 Å². The summed E-state index contributed by atoms with van der Waals surface area (Å²) in [5, 5.41) is 0. The minimum absolute atomic E-state index is 0.0164. The molecule has 16 heavy (non-hydrogen) atoms. The van der Waals surface area contributed by atoms with Gasteiger partial charge in [0.05, 0.1) is 5.57 Å². The van der Waals surface area contributed by atoms with Gasteiger partial charge in [-0.15, -0.1) is 0 Å². The monoisotopic (exact) mass is 229 g/mol. The second kappa shape index (κ2) is 5.77. The molecule has 1 rings (SSSR count). The summed E-state index contributed by atoms with van der Waals surface area (Å²) in [6.45, 7) is 4.84. The Kier molecular flexibility index (Phi) is 4.65. The summed E-state index contributed by atoms with van der Waals surface area (Å²) in [6.07, 6.45) is 2.04. The molecule has 0 aromatic heterocycles. The fourth-order valence-electron chi connectivity index (χ4n) is 1.67. The summed E-state index contributed by atoms with van der Waals surface area (Å²) < 4.78 is 26.5. The van der Waals surface area contributed by atoms with E-state index in [4.69, 9.17) is 0 Å². The largest absolute Gasteiger partial charge is 0.339 e. The van der Waals surface area contributed by atoms with E-state index in [2.05, 4.69) is 0 Å². The predicted octanol–water partition coefficient (Wildman–Crippen LogP) is 2.77. The maximum Gasteiger partial charge on any atom is 0.256 e. The van der Waals surface area contributed by atoms with Gasteiger partial charge in [0.1, 0.15) is 5.83 Å². The first-order valence-electron chi connectivity index (χ1n) is 5.61. The van der Waals surface area contributed by atoms with Crippen molar-refractivity contribution in [3.8, 4) is 0 Å². The number of rotatable bonds is 4. The van der Waals surface area contributed by atoms with E-state index in [1.54, 1.807) is 0 Å². The normalized spacial score (nSPS) is 20.1. The zero-order valence-electron chi connectivity index (χ0n) is 9.67. The fourth-order valence-corrected chi connectivity index (χ4v) is 1.67. The number of allylic oxidation sites excluding steroid dienone is 2. The molecule has 0 N–H and O–H groups in total. The van der Waals surface area contributed by atoms with Crippen LogP contribution in [0.2, 0.25) is 0 Å². The van der Waals surface area contributed by atoms with E-state index in [0.29, 0.717) is 13.1 Å². The Morgan fingerprint density at radius 1 is 1.56 bits per heavy atom. The van der Waals surface area contributed by atoms with Gasteiger partial charge in [0, 0.05) is 19.5 Å². The minimum atomic E-state index is -1.66. The predicted molar refractivity (Wildman–Crippen MR) is 59.3 cm³/mol. The lowest BCUT2D eigenvalue weighted by Crippen LogP contribution is -2.33. The van der Waals surface area contributed by atoms with Gasteiger partial charge in [-0.05, 0) is 13.3 Å². The van der Waals surface area contributed by atoms with Crippen molar-refractivity contribution >= 4 is 5.91 Å². The van der Waals surface area contributed by atoms with Gasteiger partial charge in [0.2, 0.25) is 0 Å². The molecule has 0 heterocycles. The molecule has 2 nitrogen and oxygen atoms in total. The van der Waals surface area contributed by atoms with Crippen molar-refractivity contribution in [2.45, 2.75) is 32.9 Å². The molecule has 0 aromatic carbocycles. The quantitative estimate of drug-likeness (QED) is 0.726. The topological polar surface area (TPSA) is 20.3 Å². The standard InChI is InChI=1S/C12H17F2NO/c1-3-8-15(4-2)12(16)9-6-5-7-10(13)11(9)14/h5-6,10H,3-4,7-8H2,1-2H3/t10-/m0/s1. The molecule has 0 radical (unpaired) electrons. The van der Waals surface area contributed by atoms with Crippen molar-refractivity contribution in [3.05, 3.63) is 23.6 Å². The van der Waals surface area contributed by atoms with Gasteiger partial charge in [0.25, 0.3) is 5.91 Å². The molecule has 0 spiro atoms. The number of nitrogens with zero attached hydrogens (tertiary/aromatic N) is 1. The molecule has 0 aliphatic heterocycles. The lowest BCUT2D eigenvalue weighted by Gasteiger charge is -2.22. The zero-order valence-corrected chi connectivity index (χ0v) is 9.67. The van der Waals surface area contributed by atoms with Gasteiger partial charge >= 0.3 is 0 Å². The fraction of sp³-hybridized carbons (Fsp3) is 0.583. The Labute approximate surface area is 94.6 Å². The van der Waals surface area contributed by atoms with E-state index in [-0.39, 0.29) is 12.0 Å². The van der Waals surface area contributed by atoms with E-state index in [1.165, 1.54) is 17.1 Å². The minimum Gasteiger partial charge on any atom is -0.339 e. The molecule has 1 atom stereocenters. The third-order valence-electron chi connectivity index (χ3n) is 2.55. The van der Waals surface area contributed by atoms with E-state index in [9.17, 15) is 13.6 Å². The second-order valence-corrected chi connectivity index (χ2v) is 3.75. The van der Waals surface area contributed by atoms with Crippen LogP contribution in [0.1, 0.15) is 26.7 Å². The summed E-state index contributed by atoms with van der Waals surface area (Å²) in [4.78, 5) is 13.4. The van der Waals surface area contributed by atoms with Crippen LogP contribution in [0.3, 0.4) is 0 Å². The first-order chi connectivity index (χ1) is 7.61. The molecule has 4 heteroatoms. The highest BCUT2D eigenvalue weighted by molar-refractivity contribution is 5.97. The van der Waals surface area contributed by atoms with Crippen LogP contribution in [-0.4, -0.2) is 30.1 Å². The molecule has 1 aliphatic rings. The van der Waals surface area contributed by atoms with Crippen LogP contribution >= 0.6 is 0 Å². The zero-order chi connectivity index (χ0) is 12.1. The van der Waals surface area contributed by atoms with Crippen LogP contribution in [0.15, 0.2) is 23.6 Å². The number of hydrogen-bond acceptors (Lipinski definition) is 1. The second-order valence-electron chi connectivity index (χ2n) is 3.75. The smallest absolute Gasteiger partial charge is 0.256 e. The highest BCUT2D eigenvalue weighted by Gasteiger charge is 2.26. The van der Waals surface area contributed by atoms with Crippen LogP contribution in [0, 0.1) is 0 Å². The van der Waals surface area contributed by atoms with Crippen molar-refractivity contribution in [1.29, 1.82) is 0 Å². The van der Waals surface area contributed by atoms with Gasteiger partial charge in [-0.3, -0.25) is 4.79 Å². The third-order valence-corrected chi connectivity index (χ3v) is 2.55. The van der Waals surface area contributed by atoms with Crippen LogP contribution < -0.4 is 0 Å². The number of carbonyl (C=O) groups excluding carboxylic acids is 1. The Balaban J connectivity index is 2.87. The summed E-state index contributed by atoms with van der Waals surface area (Å²) in [5.74, 6) is -1.34. The SMILES string of the molecule is CCCN(CC)C(=O)C1=C(F)[C@@H](F)CC=C1. The average molecular weight is 229 g/mol.